The van der Waals surface area contributed by atoms with Gasteiger partial charge in [0, 0.05) is 29.4 Å². The summed E-state index contributed by atoms with van der Waals surface area (Å²) in [5, 5.41) is 3.92. The second-order valence-corrected chi connectivity index (χ2v) is 8.72. The Bertz CT molecular complexity index is 1390. The summed E-state index contributed by atoms with van der Waals surface area (Å²) in [5.41, 5.74) is 2.92. The number of hydrogen-bond acceptors (Lipinski definition) is 5. The van der Waals surface area contributed by atoms with Crippen molar-refractivity contribution >= 4 is 23.2 Å². The predicted molar refractivity (Wildman–Crippen MR) is 134 cm³/mol. The lowest BCUT2D eigenvalue weighted by molar-refractivity contribution is -0.118. The second-order valence-electron chi connectivity index (χ2n) is 8.72. The molecular formula is C28H25FN4O3. The normalized spacial score (nSPS) is 16.9. The van der Waals surface area contributed by atoms with Crippen molar-refractivity contribution in [2.75, 3.05) is 9.80 Å². The fraction of sp³-hybridized carbons (Fsp3) is 0.214. The van der Waals surface area contributed by atoms with Gasteiger partial charge < -0.3 is 14.3 Å². The Kier molecular flexibility index (Phi) is 6.33. The molecule has 0 bridgehead atoms. The fourth-order valence-corrected chi connectivity index (χ4v) is 4.72. The van der Waals surface area contributed by atoms with Crippen LogP contribution in [0.5, 0.6) is 0 Å². The van der Waals surface area contributed by atoms with Gasteiger partial charge in [-0.3, -0.25) is 9.59 Å². The molecule has 2 atom stereocenters. The Balaban J connectivity index is 1.51. The molecule has 0 fully saturated rings. The molecule has 1 aliphatic rings. The largest absolute Gasteiger partial charge is 0.328 e. The molecule has 7 nitrogen and oxygen atoms in total. The van der Waals surface area contributed by atoms with Crippen molar-refractivity contribution in [1.29, 1.82) is 0 Å². The highest BCUT2D eigenvalue weighted by atomic mass is 19.1. The van der Waals surface area contributed by atoms with Gasteiger partial charge in [-0.15, -0.1) is 0 Å². The van der Waals surface area contributed by atoms with Crippen molar-refractivity contribution in [1.82, 2.24) is 10.1 Å². The van der Waals surface area contributed by atoms with Crippen LogP contribution in [0.15, 0.2) is 83.4 Å². The number of rotatable bonds is 5. The first-order valence-electron chi connectivity index (χ1n) is 11.9. The summed E-state index contributed by atoms with van der Waals surface area (Å²) in [6.45, 7) is 3.79. The van der Waals surface area contributed by atoms with Crippen LogP contribution in [0.1, 0.15) is 49.0 Å². The van der Waals surface area contributed by atoms with E-state index in [0.29, 0.717) is 24.1 Å². The molecule has 3 aromatic carbocycles. The molecule has 0 saturated carbocycles. The van der Waals surface area contributed by atoms with Gasteiger partial charge in [0.2, 0.25) is 11.7 Å². The van der Waals surface area contributed by atoms with E-state index in [1.807, 2.05) is 73.3 Å². The molecule has 1 aliphatic heterocycles. The maximum Gasteiger partial charge on any atom is 0.317 e. The monoisotopic (exact) mass is 484 g/mol. The zero-order valence-electron chi connectivity index (χ0n) is 20.0. The van der Waals surface area contributed by atoms with Crippen LogP contribution in [0, 0.1) is 5.82 Å². The number of benzene rings is 3. The number of nitrogens with zero attached hydrogens (tertiary/aromatic N) is 4. The zero-order valence-corrected chi connectivity index (χ0v) is 20.0. The average Bonchev–Trinajstić information content (AvgIpc) is 3.40. The molecule has 1 aromatic heterocycles. The van der Waals surface area contributed by atoms with Crippen LogP contribution in [-0.2, 0) is 4.79 Å². The second kappa shape index (κ2) is 9.73. The first kappa shape index (κ1) is 23.4. The Morgan fingerprint density at radius 1 is 1.03 bits per heavy atom. The Hall–Kier alpha value is -4.33. The SMILES string of the molecule is CCC(=O)N(c1ccccc1)C1CC(C)N(C(=O)c2nc(-c3ccc(F)cc3)no2)c2ccccc21. The molecule has 8 heteroatoms. The number of anilines is 2. The fourth-order valence-electron chi connectivity index (χ4n) is 4.72. The lowest BCUT2D eigenvalue weighted by atomic mass is 9.89. The molecule has 182 valence electrons. The standard InChI is InChI=1S/C28H25FN4O3/c1-3-25(34)33(21-9-5-4-6-10-21)24-17-18(2)32(23-12-8-7-11-22(23)24)28(35)27-30-26(31-36-27)19-13-15-20(29)16-14-19/h4-16,18,24H,3,17H2,1-2H3. The van der Waals surface area contributed by atoms with E-state index in [0.717, 1.165) is 11.3 Å². The van der Waals surface area contributed by atoms with E-state index in [9.17, 15) is 14.0 Å². The lowest BCUT2D eigenvalue weighted by Crippen LogP contribution is -2.47. The molecule has 4 aromatic rings. The number of hydrogen-bond donors (Lipinski definition) is 0. The van der Waals surface area contributed by atoms with Gasteiger partial charge in [-0.1, -0.05) is 48.5 Å². The number of amides is 2. The van der Waals surface area contributed by atoms with E-state index in [1.165, 1.54) is 24.3 Å². The highest BCUT2D eigenvalue weighted by Crippen LogP contribution is 2.42. The van der Waals surface area contributed by atoms with Gasteiger partial charge in [-0.05, 0) is 61.4 Å². The smallest absolute Gasteiger partial charge is 0.317 e. The molecule has 0 spiro atoms. The maximum absolute atomic E-state index is 13.6. The highest BCUT2D eigenvalue weighted by Gasteiger charge is 2.39. The minimum atomic E-state index is -0.428. The number of carbonyl (C=O) groups excluding carboxylic acids is 2. The Morgan fingerprint density at radius 2 is 1.72 bits per heavy atom. The predicted octanol–water partition coefficient (Wildman–Crippen LogP) is 5.80. The van der Waals surface area contributed by atoms with Crippen LogP contribution in [-0.4, -0.2) is 28.0 Å². The molecule has 0 aliphatic carbocycles. The number of halogens is 1. The molecular weight excluding hydrogens is 459 g/mol. The summed E-state index contributed by atoms with van der Waals surface area (Å²) < 4.78 is 18.6. The summed E-state index contributed by atoms with van der Waals surface area (Å²) in [5.74, 6) is -0.744. The number of fused-ring (bicyclic) bond motifs is 1. The van der Waals surface area contributed by atoms with Gasteiger partial charge in [0.15, 0.2) is 0 Å². The quantitative estimate of drug-likeness (QED) is 0.358. The van der Waals surface area contributed by atoms with Crippen molar-refractivity contribution in [3.63, 3.8) is 0 Å². The van der Waals surface area contributed by atoms with E-state index in [2.05, 4.69) is 10.1 Å². The number of carbonyl (C=O) groups is 2. The highest BCUT2D eigenvalue weighted by molar-refractivity contribution is 6.05. The molecule has 36 heavy (non-hydrogen) atoms. The van der Waals surface area contributed by atoms with Gasteiger partial charge in [-0.25, -0.2) is 4.39 Å². The molecule has 5 rings (SSSR count). The summed E-state index contributed by atoms with van der Waals surface area (Å²) in [6.07, 6.45) is 0.890. The summed E-state index contributed by atoms with van der Waals surface area (Å²) in [6, 6.07) is 22.3. The van der Waals surface area contributed by atoms with Crippen LogP contribution in [0.2, 0.25) is 0 Å². The van der Waals surface area contributed by atoms with E-state index < -0.39 is 5.91 Å². The molecule has 2 heterocycles. The Labute approximate surface area is 208 Å². The topological polar surface area (TPSA) is 79.5 Å². The van der Waals surface area contributed by atoms with E-state index in [1.54, 1.807) is 4.90 Å². The van der Waals surface area contributed by atoms with Crippen LogP contribution in [0.25, 0.3) is 11.4 Å². The van der Waals surface area contributed by atoms with Crippen LogP contribution < -0.4 is 9.80 Å². The minimum absolute atomic E-state index is 0.00817. The summed E-state index contributed by atoms with van der Waals surface area (Å²) in [7, 11) is 0. The first-order chi connectivity index (χ1) is 17.5. The number of aromatic nitrogens is 2. The van der Waals surface area contributed by atoms with Gasteiger partial charge >= 0.3 is 11.8 Å². The van der Waals surface area contributed by atoms with Crippen molar-refractivity contribution in [2.24, 2.45) is 0 Å². The van der Waals surface area contributed by atoms with Crippen LogP contribution in [0.3, 0.4) is 0 Å². The third-order valence-electron chi connectivity index (χ3n) is 6.41. The molecule has 0 N–H and O–H groups in total. The maximum atomic E-state index is 13.6. The van der Waals surface area contributed by atoms with Gasteiger partial charge in [-0.2, -0.15) is 4.98 Å². The van der Waals surface area contributed by atoms with Crippen LogP contribution in [0.4, 0.5) is 15.8 Å². The van der Waals surface area contributed by atoms with Crippen molar-refractivity contribution in [2.45, 2.75) is 38.8 Å². The minimum Gasteiger partial charge on any atom is -0.328 e. The summed E-state index contributed by atoms with van der Waals surface area (Å²) >= 11 is 0. The molecule has 2 amide bonds. The third kappa shape index (κ3) is 4.26. The van der Waals surface area contributed by atoms with Gasteiger partial charge in [0.05, 0.1) is 6.04 Å². The summed E-state index contributed by atoms with van der Waals surface area (Å²) in [4.78, 5) is 34.5. The van der Waals surface area contributed by atoms with E-state index >= 15 is 0 Å². The zero-order chi connectivity index (χ0) is 25.2. The van der Waals surface area contributed by atoms with E-state index in [4.69, 9.17) is 4.52 Å². The van der Waals surface area contributed by atoms with Crippen molar-refractivity contribution < 1.29 is 18.5 Å². The van der Waals surface area contributed by atoms with Gasteiger partial charge in [0.1, 0.15) is 5.82 Å². The molecule has 2 unspecified atom stereocenters. The van der Waals surface area contributed by atoms with E-state index in [-0.39, 0.29) is 35.5 Å². The van der Waals surface area contributed by atoms with Gasteiger partial charge in [0.25, 0.3) is 0 Å². The Morgan fingerprint density at radius 3 is 2.44 bits per heavy atom. The molecule has 0 radical (unpaired) electrons. The van der Waals surface area contributed by atoms with Crippen molar-refractivity contribution in [3.8, 4) is 11.4 Å². The van der Waals surface area contributed by atoms with Crippen molar-refractivity contribution in [3.05, 3.63) is 96.1 Å². The molecule has 0 saturated heterocycles. The first-order valence-corrected chi connectivity index (χ1v) is 11.9. The average molecular weight is 485 g/mol. The number of para-hydroxylation sites is 2. The lowest BCUT2D eigenvalue weighted by Gasteiger charge is -2.43. The third-order valence-corrected chi connectivity index (χ3v) is 6.41. The van der Waals surface area contributed by atoms with Crippen LogP contribution >= 0.6 is 0 Å².